The molecule has 0 unspecified atom stereocenters. The zero-order valence-corrected chi connectivity index (χ0v) is 17.5. The summed E-state index contributed by atoms with van der Waals surface area (Å²) in [7, 11) is 1.53. The summed E-state index contributed by atoms with van der Waals surface area (Å²) >= 11 is 6.15. The van der Waals surface area contributed by atoms with E-state index in [-0.39, 0.29) is 13.2 Å². The van der Waals surface area contributed by atoms with Crippen molar-refractivity contribution in [2.75, 3.05) is 13.7 Å². The van der Waals surface area contributed by atoms with E-state index in [1.165, 1.54) is 16.2 Å². The van der Waals surface area contributed by atoms with Crippen LogP contribution in [-0.2, 0) is 17.8 Å². The number of hydrogen-bond donors (Lipinski definition) is 0. The molecule has 0 aliphatic rings. The third-order valence-electron chi connectivity index (χ3n) is 4.92. The SMILES string of the molecule is COCCn1c(=O)c2c(ncn2Cc2cccc(C)c2)n(-c2cccc(Cl)c2)c1=O. The molecule has 0 atom stereocenters. The monoisotopic (exact) mass is 424 g/mol. The standard InChI is InChI=1S/C22H21ClN4O3/c1-15-5-3-6-16(11-15)13-25-14-24-20-19(25)21(28)26(9-10-30-2)22(29)27(20)18-8-4-7-17(23)12-18/h3-8,11-12,14H,9-10,13H2,1-2H3. The zero-order valence-electron chi connectivity index (χ0n) is 16.7. The number of halogens is 1. The molecule has 2 aromatic heterocycles. The summed E-state index contributed by atoms with van der Waals surface area (Å²) in [6.07, 6.45) is 1.59. The largest absolute Gasteiger partial charge is 0.383 e. The number of hydrogen-bond acceptors (Lipinski definition) is 4. The van der Waals surface area contributed by atoms with Crippen LogP contribution in [0.3, 0.4) is 0 Å². The van der Waals surface area contributed by atoms with Gasteiger partial charge in [-0.3, -0.25) is 9.36 Å². The second-order valence-electron chi connectivity index (χ2n) is 7.08. The summed E-state index contributed by atoms with van der Waals surface area (Å²) in [5.74, 6) is 0. The first kappa shape index (κ1) is 20.1. The molecule has 0 radical (unpaired) electrons. The quantitative estimate of drug-likeness (QED) is 0.477. The summed E-state index contributed by atoms with van der Waals surface area (Å²) in [6, 6.07) is 15.0. The Kier molecular flexibility index (Phi) is 5.57. The maximum atomic E-state index is 13.3. The minimum Gasteiger partial charge on any atom is -0.383 e. The van der Waals surface area contributed by atoms with E-state index in [1.807, 2.05) is 25.1 Å². The van der Waals surface area contributed by atoms with Gasteiger partial charge in [0.05, 0.1) is 25.2 Å². The number of aromatic nitrogens is 4. The van der Waals surface area contributed by atoms with Crippen LogP contribution in [0.2, 0.25) is 5.02 Å². The van der Waals surface area contributed by atoms with Gasteiger partial charge in [-0.05, 0) is 30.7 Å². The molecule has 0 saturated heterocycles. The van der Waals surface area contributed by atoms with Crippen molar-refractivity contribution >= 4 is 22.8 Å². The Balaban J connectivity index is 1.98. The molecule has 2 aromatic carbocycles. The van der Waals surface area contributed by atoms with Crippen molar-refractivity contribution < 1.29 is 4.74 Å². The molecule has 0 aliphatic heterocycles. The van der Waals surface area contributed by atoms with Crippen LogP contribution in [0.25, 0.3) is 16.9 Å². The Labute approximate surface area is 177 Å². The smallest absolute Gasteiger partial charge is 0.337 e. The number of fused-ring (bicyclic) bond motifs is 1. The molecule has 0 amide bonds. The van der Waals surface area contributed by atoms with Crippen molar-refractivity contribution in [1.29, 1.82) is 0 Å². The van der Waals surface area contributed by atoms with Crippen molar-refractivity contribution in [1.82, 2.24) is 18.7 Å². The molecule has 0 saturated carbocycles. The normalized spacial score (nSPS) is 11.3. The van der Waals surface area contributed by atoms with E-state index in [2.05, 4.69) is 11.1 Å². The molecule has 0 bridgehead atoms. The number of rotatable bonds is 6. The molecule has 0 N–H and O–H groups in total. The number of imidazole rings is 1. The van der Waals surface area contributed by atoms with Crippen molar-refractivity contribution in [2.24, 2.45) is 0 Å². The fraction of sp³-hybridized carbons (Fsp3) is 0.227. The minimum absolute atomic E-state index is 0.139. The highest BCUT2D eigenvalue weighted by molar-refractivity contribution is 6.30. The Hall–Kier alpha value is -3.16. The predicted molar refractivity (Wildman–Crippen MR) is 117 cm³/mol. The van der Waals surface area contributed by atoms with Crippen LogP contribution in [0.4, 0.5) is 0 Å². The van der Waals surface area contributed by atoms with E-state index in [1.54, 1.807) is 35.2 Å². The molecule has 7 nitrogen and oxygen atoms in total. The second-order valence-corrected chi connectivity index (χ2v) is 7.52. The average molecular weight is 425 g/mol. The lowest BCUT2D eigenvalue weighted by Crippen LogP contribution is -2.41. The summed E-state index contributed by atoms with van der Waals surface area (Å²) in [6.45, 7) is 2.86. The lowest BCUT2D eigenvalue weighted by Gasteiger charge is -2.13. The van der Waals surface area contributed by atoms with E-state index in [0.717, 1.165) is 11.1 Å². The Morgan fingerprint density at radius 2 is 1.90 bits per heavy atom. The van der Waals surface area contributed by atoms with Gasteiger partial charge < -0.3 is 9.30 Å². The van der Waals surface area contributed by atoms with Crippen LogP contribution in [0.15, 0.2) is 64.4 Å². The lowest BCUT2D eigenvalue weighted by atomic mass is 10.1. The van der Waals surface area contributed by atoms with Gasteiger partial charge in [-0.15, -0.1) is 0 Å². The van der Waals surface area contributed by atoms with E-state index in [4.69, 9.17) is 16.3 Å². The highest BCUT2D eigenvalue weighted by Gasteiger charge is 2.19. The van der Waals surface area contributed by atoms with E-state index in [0.29, 0.717) is 28.4 Å². The van der Waals surface area contributed by atoms with Crippen molar-refractivity contribution in [3.63, 3.8) is 0 Å². The molecular weight excluding hydrogens is 404 g/mol. The van der Waals surface area contributed by atoms with Gasteiger partial charge in [0.25, 0.3) is 5.56 Å². The van der Waals surface area contributed by atoms with Gasteiger partial charge >= 0.3 is 5.69 Å². The van der Waals surface area contributed by atoms with Crippen LogP contribution in [0, 0.1) is 6.92 Å². The predicted octanol–water partition coefficient (Wildman–Crippen LogP) is 3.01. The van der Waals surface area contributed by atoms with Gasteiger partial charge in [0.15, 0.2) is 11.2 Å². The van der Waals surface area contributed by atoms with Gasteiger partial charge in [0, 0.05) is 18.7 Å². The highest BCUT2D eigenvalue weighted by atomic mass is 35.5. The number of methoxy groups -OCH3 is 1. The van der Waals surface area contributed by atoms with Crippen LogP contribution >= 0.6 is 11.6 Å². The van der Waals surface area contributed by atoms with Gasteiger partial charge in [-0.25, -0.2) is 14.3 Å². The number of benzene rings is 2. The van der Waals surface area contributed by atoms with Gasteiger partial charge in [0.1, 0.15) is 0 Å². The van der Waals surface area contributed by atoms with Gasteiger partial charge in [-0.1, -0.05) is 47.5 Å². The van der Waals surface area contributed by atoms with Crippen molar-refractivity contribution in [3.8, 4) is 5.69 Å². The Morgan fingerprint density at radius 1 is 1.10 bits per heavy atom. The van der Waals surface area contributed by atoms with Crippen LogP contribution in [0.5, 0.6) is 0 Å². The van der Waals surface area contributed by atoms with Crippen LogP contribution < -0.4 is 11.2 Å². The Bertz CT molecular complexity index is 1340. The summed E-state index contributed by atoms with van der Waals surface area (Å²) < 4.78 is 9.48. The first-order chi connectivity index (χ1) is 14.5. The van der Waals surface area contributed by atoms with E-state index in [9.17, 15) is 9.59 Å². The van der Waals surface area contributed by atoms with E-state index < -0.39 is 11.2 Å². The third kappa shape index (κ3) is 3.69. The highest BCUT2D eigenvalue weighted by Crippen LogP contribution is 2.18. The minimum atomic E-state index is -0.479. The molecule has 4 rings (SSSR count). The third-order valence-corrected chi connectivity index (χ3v) is 5.16. The number of aryl methyl sites for hydroxylation is 1. The number of nitrogens with zero attached hydrogens (tertiary/aromatic N) is 4. The summed E-state index contributed by atoms with van der Waals surface area (Å²) in [4.78, 5) is 30.9. The van der Waals surface area contributed by atoms with Crippen LogP contribution in [-0.4, -0.2) is 32.4 Å². The molecule has 30 heavy (non-hydrogen) atoms. The first-order valence-electron chi connectivity index (χ1n) is 9.50. The molecular formula is C22H21ClN4O3. The average Bonchev–Trinajstić information content (AvgIpc) is 3.11. The fourth-order valence-corrected chi connectivity index (χ4v) is 3.72. The zero-order chi connectivity index (χ0) is 21.3. The Morgan fingerprint density at radius 3 is 2.63 bits per heavy atom. The van der Waals surface area contributed by atoms with Crippen molar-refractivity contribution in [2.45, 2.75) is 20.0 Å². The summed E-state index contributed by atoms with van der Waals surface area (Å²) in [5, 5.41) is 0.487. The topological polar surface area (TPSA) is 71.1 Å². The molecule has 8 heteroatoms. The first-order valence-corrected chi connectivity index (χ1v) is 9.88. The number of ether oxygens (including phenoxy) is 1. The molecule has 0 aliphatic carbocycles. The fourth-order valence-electron chi connectivity index (χ4n) is 3.53. The summed E-state index contributed by atoms with van der Waals surface area (Å²) in [5.41, 5.74) is 2.50. The maximum absolute atomic E-state index is 13.3. The molecule has 0 spiro atoms. The molecule has 0 fully saturated rings. The molecule has 4 aromatic rings. The maximum Gasteiger partial charge on any atom is 0.337 e. The van der Waals surface area contributed by atoms with E-state index >= 15 is 0 Å². The van der Waals surface area contributed by atoms with Gasteiger partial charge in [-0.2, -0.15) is 0 Å². The molecule has 154 valence electrons. The second kappa shape index (κ2) is 8.30. The van der Waals surface area contributed by atoms with Gasteiger partial charge in [0.2, 0.25) is 0 Å². The lowest BCUT2D eigenvalue weighted by molar-refractivity contribution is 0.184. The van der Waals surface area contributed by atoms with Crippen molar-refractivity contribution in [3.05, 3.63) is 91.8 Å². The van der Waals surface area contributed by atoms with Crippen LogP contribution in [0.1, 0.15) is 11.1 Å². The molecule has 2 heterocycles.